The zero-order valence-electron chi connectivity index (χ0n) is 9.62. The predicted octanol–water partition coefficient (Wildman–Crippen LogP) is 3.48. The topological polar surface area (TPSA) is 3.24 Å². The minimum atomic E-state index is 0.504. The fourth-order valence-corrected chi connectivity index (χ4v) is 2.62. The van der Waals surface area contributed by atoms with Crippen LogP contribution in [0.2, 0.25) is 5.02 Å². The summed E-state index contributed by atoms with van der Waals surface area (Å²) in [5.41, 5.74) is 1.83. The molecule has 3 heteroatoms. The van der Waals surface area contributed by atoms with Crippen LogP contribution in [0.25, 0.3) is 0 Å². The molecule has 0 amide bonds. The Hall–Kier alpha value is -0.180. The smallest absolute Gasteiger partial charge is 0.0406 e. The van der Waals surface area contributed by atoms with E-state index in [9.17, 15) is 0 Å². The number of hydrogen-bond acceptors (Lipinski definition) is 2. The van der Waals surface area contributed by atoms with Crippen molar-refractivity contribution in [2.24, 2.45) is 5.41 Å². The second kappa shape index (κ2) is 4.99. The second-order valence-corrected chi connectivity index (χ2v) is 5.71. The van der Waals surface area contributed by atoms with E-state index in [0.29, 0.717) is 5.41 Å². The largest absolute Gasteiger partial charge is 0.302 e. The van der Waals surface area contributed by atoms with E-state index in [4.69, 9.17) is 11.6 Å². The van der Waals surface area contributed by atoms with Crippen molar-refractivity contribution in [2.75, 3.05) is 19.3 Å². The van der Waals surface area contributed by atoms with Crippen LogP contribution in [0.3, 0.4) is 0 Å². The van der Waals surface area contributed by atoms with Gasteiger partial charge in [0.15, 0.2) is 0 Å². The molecule has 0 unspecified atom stereocenters. The minimum Gasteiger partial charge on any atom is -0.302 e. The first-order valence-corrected chi connectivity index (χ1v) is 6.68. The Morgan fingerprint density at radius 1 is 1.31 bits per heavy atom. The third-order valence-corrected chi connectivity index (χ3v) is 4.19. The number of halogens is 1. The van der Waals surface area contributed by atoms with E-state index < -0.39 is 0 Å². The van der Waals surface area contributed by atoms with E-state index >= 15 is 0 Å². The van der Waals surface area contributed by atoms with Crippen LogP contribution >= 0.6 is 24.2 Å². The van der Waals surface area contributed by atoms with Crippen LogP contribution in [-0.4, -0.2) is 24.2 Å². The molecule has 0 heterocycles. The maximum Gasteiger partial charge on any atom is 0.0406 e. The molecule has 1 aromatic carbocycles. The second-order valence-electron chi connectivity index (χ2n) is 4.96. The Bertz CT molecular complexity index is 345. The lowest BCUT2D eigenvalue weighted by Gasteiger charge is -2.22. The Morgan fingerprint density at radius 3 is 2.44 bits per heavy atom. The van der Waals surface area contributed by atoms with E-state index in [1.165, 1.54) is 18.4 Å². The third-order valence-electron chi connectivity index (χ3n) is 3.26. The summed E-state index contributed by atoms with van der Waals surface area (Å²) < 4.78 is 0. The molecule has 1 aliphatic rings. The quantitative estimate of drug-likeness (QED) is 0.789. The van der Waals surface area contributed by atoms with Gasteiger partial charge in [-0.05, 0) is 48.8 Å². The third kappa shape index (κ3) is 3.16. The molecule has 16 heavy (non-hydrogen) atoms. The average Bonchev–Trinajstić information content (AvgIpc) is 3.02. The predicted molar refractivity (Wildman–Crippen MR) is 73.3 cm³/mol. The molecule has 0 N–H and O–H groups in total. The van der Waals surface area contributed by atoms with Gasteiger partial charge in [-0.3, -0.25) is 0 Å². The van der Waals surface area contributed by atoms with Crippen LogP contribution in [0.15, 0.2) is 24.3 Å². The number of hydrogen-bond donors (Lipinski definition) is 1. The first-order chi connectivity index (χ1) is 7.63. The highest BCUT2D eigenvalue weighted by Gasteiger charge is 2.41. The van der Waals surface area contributed by atoms with E-state index in [2.05, 4.69) is 36.7 Å². The fraction of sp³-hybridized carbons (Fsp3) is 0.538. The van der Waals surface area contributed by atoms with Gasteiger partial charge in [-0.25, -0.2) is 0 Å². The first-order valence-electron chi connectivity index (χ1n) is 5.67. The van der Waals surface area contributed by atoms with E-state index in [1.807, 2.05) is 12.1 Å². The standard InChI is InChI=1S/C13H18ClNS/c1-15(9-13(10-16)6-7-13)8-11-2-4-12(14)5-3-11/h2-5,16H,6-10H2,1H3. The number of nitrogens with zero attached hydrogens (tertiary/aromatic N) is 1. The van der Waals surface area contributed by atoms with Crippen molar-refractivity contribution >= 4 is 24.2 Å². The van der Waals surface area contributed by atoms with Gasteiger partial charge in [-0.15, -0.1) is 0 Å². The summed E-state index contributed by atoms with van der Waals surface area (Å²) in [6.07, 6.45) is 2.67. The van der Waals surface area contributed by atoms with Gasteiger partial charge in [0.1, 0.15) is 0 Å². The lowest BCUT2D eigenvalue weighted by atomic mass is 10.1. The van der Waals surface area contributed by atoms with Gasteiger partial charge in [-0.1, -0.05) is 23.7 Å². The highest BCUT2D eigenvalue weighted by atomic mass is 35.5. The summed E-state index contributed by atoms with van der Waals surface area (Å²) in [5.74, 6) is 1.01. The van der Waals surface area contributed by atoms with Gasteiger partial charge in [0, 0.05) is 18.1 Å². The molecule has 1 aliphatic carbocycles. The summed E-state index contributed by atoms with van der Waals surface area (Å²) in [5, 5.41) is 0.806. The molecule has 0 aliphatic heterocycles. The normalized spacial score (nSPS) is 17.8. The highest BCUT2D eigenvalue weighted by Crippen LogP contribution is 2.46. The molecule has 1 nitrogen and oxygen atoms in total. The summed E-state index contributed by atoms with van der Waals surface area (Å²) in [6, 6.07) is 8.10. The maximum atomic E-state index is 5.86. The summed E-state index contributed by atoms with van der Waals surface area (Å²) in [6.45, 7) is 2.14. The van der Waals surface area contributed by atoms with Crippen LogP contribution in [0.4, 0.5) is 0 Å². The van der Waals surface area contributed by atoms with Crippen LogP contribution in [0.1, 0.15) is 18.4 Å². The van der Waals surface area contributed by atoms with E-state index in [1.54, 1.807) is 0 Å². The summed E-state index contributed by atoms with van der Waals surface area (Å²) in [7, 11) is 2.18. The number of thiol groups is 1. The van der Waals surface area contributed by atoms with Gasteiger partial charge in [-0.2, -0.15) is 12.6 Å². The Balaban J connectivity index is 1.87. The first kappa shape index (κ1) is 12.3. The maximum absolute atomic E-state index is 5.86. The molecule has 0 radical (unpaired) electrons. The van der Waals surface area contributed by atoms with Crippen LogP contribution < -0.4 is 0 Å². The van der Waals surface area contributed by atoms with Crippen LogP contribution in [0, 0.1) is 5.41 Å². The van der Waals surface area contributed by atoms with Gasteiger partial charge < -0.3 is 4.90 Å². The van der Waals surface area contributed by atoms with Crippen LogP contribution in [-0.2, 0) is 6.54 Å². The molecule has 0 bridgehead atoms. The van der Waals surface area contributed by atoms with Crippen molar-refractivity contribution in [1.82, 2.24) is 4.90 Å². The van der Waals surface area contributed by atoms with E-state index in [0.717, 1.165) is 23.9 Å². The van der Waals surface area contributed by atoms with Crippen molar-refractivity contribution < 1.29 is 0 Å². The zero-order chi connectivity index (χ0) is 11.6. The SMILES string of the molecule is CN(Cc1ccc(Cl)cc1)CC1(CS)CC1. The Kier molecular flexibility index (Phi) is 3.83. The average molecular weight is 256 g/mol. The summed E-state index contributed by atoms with van der Waals surface area (Å²) in [4.78, 5) is 2.38. The minimum absolute atomic E-state index is 0.504. The lowest BCUT2D eigenvalue weighted by Crippen LogP contribution is -2.27. The molecule has 88 valence electrons. The van der Waals surface area contributed by atoms with Crippen molar-refractivity contribution in [1.29, 1.82) is 0 Å². The Morgan fingerprint density at radius 2 is 1.94 bits per heavy atom. The fourth-order valence-electron chi connectivity index (χ4n) is 2.07. The monoisotopic (exact) mass is 255 g/mol. The molecular weight excluding hydrogens is 238 g/mol. The van der Waals surface area contributed by atoms with E-state index in [-0.39, 0.29) is 0 Å². The van der Waals surface area contributed by atoms with Crippen molar-refractivity contribution in [3.8, 4) is 0 Å². The molecule has 0 aromatic heterocycles. The number of rotatable bonds is 5. The Labute approximate surface area is 108 Å². The lowest BCUT2D eigenvalue weighted by molar-refractivity contribution is 0.270. The molecular formula is C13H18ClNS. The molecule has 0 atom stereocenters. The van der Waals surface area contributed by atoms with Gasteiger partial charge >= 0.3 is 0 Å². The van der Waals surface area contributed by atoms with Gasteiger partial charge in [0.25, 0.3) is 0 Å². The van der Waals surface area contributed by atoms with Gasteiger partial charge in [0.05, 0.1) is 0 Å². The van der Waals surface area contributed by atoms with Crippen molar-refractivity contribution in [3.05, 3.63) is 34.9 Å². The molecule has 2 rings (SSSR count). The summed E-state index contributed by atoms with van der Waals surface area (Å²) >= 11 is 10.3. The molecule has 1 saturated carbocycles. The van der Waals surface area contributed by atoms with Gasteiger partial charge in [0.2, 0.25) is 0 Å². The zero-order valence-corrected chi connectivity index (χ0v) is 11.3. The molecule has 1 aromatic rings. The molecule has 0 saturated heterocycles. The number of benzene rings is 1. The van der Waals surface area contributed by atoms with Crippen molar-refractivity contribution in [3.63, 3.8) is 0 Å². The highest BCUT2D eigenvalue weighted by molar-refractivity contribution is 7.80. The molecule has 0 spiro atoms. The van der Waals surface area contributed by atoms with Crippen LogP contribution in [0.5, 0.6) is 0 Å². The molecule has 1 fully saturated rings. The van der Waals surface area contributed by atoms with Crippen molar-refractivity contribution in [2.45, 2.75) is 19.4 Å².